The Morgan fingerprint density at radius 2 is 1.27 bits per heavy atom. The fourth-order valence-corrected chi connectivity index (χ4v) is 7.03. The molecule has 0 aromatic rings. The van der Waals surface area contributed by atoms with Crippen LogP contribution in [0, 0.1) is 0 Å². The molecule has 0 saturated heterocycles. The SMILES string of the molecule is CCC[CH2][Al]([CH2]CCC)[C](C)(C)CCC. The quantitative estimate of drug-likeness (QED) is 0.445. The number of hydrogen-bond donors (Lipinski definition) is 0. The highest BCUT2D eigenvalue weighted by Gasteiger charge is 2.32. The molecule has 0 radical (unpaired) electrons. The van der Waals surface area contributed by atoms with Gasteiger partial charge in [-0.15, -0.1) is 0 Å². The van der Waals surface area contributed by atoms with E-state index >= 15 is 0 Å². The lowest BCUT2D eigenvalue weighted by Crippen LogP contribution is -2.27. The molecule has 0 aliphatic rings. The molecule has 0 unspecified atom stereocenters. The maximum Gasteiger partial charge on any atom is 0.268 e. The molecule has 0 aliphatic heterocycles. The van der Waals surface area contributed by atoms with Crippen LogP contribution in [0.25, 0.3) is 0 Å². The number of rotatable bonds is 9. The smallest absolute Gasteiger partial charge is 0.0935 e. The van der Waals surface area contributed by atoms with Crippen molar-refractivity contribution in [2.45, 2.75) is 88.0 Å². The summed E-state index contributed by atoms with van der Waals surface area (Å²) in [5, 5.41) is 3.17. The van der Waals surface area contributed by atoms with Gasteiger partial charge in [0.25, 0.3) is 14.1 Å². The zero-order chi connectivity index (χ0) is 11.7. The van der Waals surface area contributed by atoms with Crippen molar-refractivity contribution in [3.8, 4) is 0 Å². The van der Waals surface area contributed by atoms with E-state index in [-0.39, 0.29) is 0 Å². The van der Waals surface area contributed by atoms with Gasteiger partial charge in [-0.1, -0.05) is 88.0 Å². The Balaban J connectivity index is 4.17. The molecule has 0 fully saturated rings. The van der Waals surface area contributed by atoms with Crippen molar-refractivity contribution in [1.82, 2.24) is 0 Å². The van der Waals surface area contributed by atoms with Gasteiger partial charge in [0, 0.05) is 0 Å². The minimum absolute atomic E-state index is 0.496. The Morgan fingerprint density at radius 3 is 1.60 bits per heavy atom. The van der Waals surface area contributed by atoms with E-state index in [4.69, 9.17) is 0 Å². The van der Waals surface area contributed by atoms with Crippen molar-refractivity contribution in [1.29, 1.82) is 0 Å². The number of unbranched alkanes of at least 4 members (excludes halogenated alkanes) is 2. The molecule has 0 nitrogen and oxygen atoms in total. The van der Waals surface area contributed by atoms with Gasteiger partial charge in [-0.2, -0.15) is 0 Å². The molecule has 0 amide bonds. The van der Waals surface area contributed by atoms with Crippen molar-refractivity contribution < 1.29 is 0 Å². The van der Waals surface area contributed by atoms with Crippen LogP contribution in [-0.4, -0.2) is 14.1 Å². The van der Waals surface area contributed by atoms with Crippen LogP contribution in [0.4, 0.5) is 0 Å². The van der Waals surface area contributed by atoms with Crippen LogP contribution in [-0.2, 0) is 0 Å². The van der Waals surface area contributed by atoms with Gasteiger partial charge in [0.2, 0.25) is 0 Å². The Kier molecular flexibility index (Phi) is 8.97. The van der Waals surface area contributed by atoms with Gasteiger partial charge in [0.05, 0.1) is 0 Å². The molecule has 0 rings (SSSR count). The van der Waals surface area contributed by atoms with Crippen molar-refractivity contribution in [2.24, 2.45) is 0 Å². The van der Waals surface area contributed by atoms with Crippen molar-refractivity contribution in [3.63, 3.8) is 0 Å². The van der Waals surface area contributed by atoms with Gasteiger partial charge in [0.15, 0.2) is 0 Å². The van der Waals surface area contributed by atoms with Crippen LogP contribution in [0.2, 0.25) is 14.8 Å². The Morgan fingerprint density at radius 1 is 0.800 bits per heavy atom. The molecular weight excluding hydrogens is 195 g/mol. The fourth-order valence-electron chi connectivity index (χ4n) is 2.68. The van der Waals surface area contributed by atoms with Crippen LogP contribution in [0.1, 0.15) is 73.1 Å². The Hall–Kier alpha value is 0.532. The lowest BCUT2D eigenvalue weighted by molar-refractivity contribution is 0.571. The molecule has 0 atom stereocenters. The van der Waals surface area contributed by atoms with E-state index < -0.39 is 14.1 Å². The number of hydrogen-bond acceptors (Lipinski definition) is 0. The predicted molar refractivity (Wildman–Crippen MR) is 74.1 cm³/mol. The molecule has 1 heteroatoms. The van der Waals surface area contributed by atoms with Gasteiger partial charge in [0.1, 0.15) is 0 Å². The van der Waals surface area contributed by atoms with Gasteiger partial charge in [-0.05, 0) is 0 Å². The second kappa shape index (κ2) is 8.66. The predicted octanol–water partition coefficient (Wildman–Crippen LogP) is 5.66. The normalized spacial score (nSPS) is 11.8. The summed E-state index contributed by atoms with van der Waals surface area (Å²) in [6, 6.07) is 0. The van der Waals surface area contributed by atoms with Crippen LogP contribution in [0.5, 0.6) is 0 Å². The molecule has 0 aromatic carbocycles. The lowest BCUT2D eigenvalue weighted by atomic mass is 10.1. The molecule has 90 valence electrons. The molecule has 0 bridgehead atoms. The first-order valence-corrected chi connectivity index (χ1v) is 9.29. The van der Waals surface area contributed by atoms with E-state index in [9.17, 15) is 0 Å². The van der Waals surface area contributed by atoms with E-state index in [1.165, 1.54) is 38.5 Å². The van der Waals surface area contributed by atoms with Crippen molar-refractivity contribution >= 4 is 14.1 Å². The molecule has 15 heavy (non-hydrogen) atoms. The van der Waals surface area contributed by atoms with E-state index in [0.29, 0.717) is 4.28 Å². The summed E-state index contributed by atoms with van der Waals surface area (Å²) in [6.45, 7) is 12.1. The summed E-state index contributed by atoms with van der Waals surface area (Å²) in [6.07, 6.45) is 8.56. The third-order valence-electron chi connectivity index (χ3n) is 3.81. The highest BCUT2D eigenvalue weighted by atomic mass is 27.2. The topological polar surface area (TPSA) is 0 Å². The average molecular weight is 226 g/mol. The van der Waals surface area contributed by atoms with Gasteiger partial charge in [-0.3, -0.25) is 0 Å². The minimum Gasteiger partial charge on any atom is -0.0935 e. The van der Waals surface area contributed by atoms with Crippen LogP contribution in [0.3, 0.4) is 0 Å². The van der Waals surface area contributed by atoms with Crippen LogP contribution in [0.15, 0.2) is 0 Å². The zero-order valence-electron chi connectivity index (χ0n) is 11.7. The average Bonchev–Trinajstić information content (AvgIpc) is 2.17. The van der Waals surface area contributed by atoms with Gasteiger partial charge in [-0.25, -0.2) is 0 Å². The van der Waals surface area contributed by atoms with E-state index in [1.54, 1.807) is 10.6 Å². The van der Waals surface area contributed by atoms with Crippen LogP contribution >= 0.6 is 0 Å². The first-order chi connectivity index (χ1) is 7.08. The fraction of sp³-hybridized carbons (Fsp3) is 1.00. The molecule has 0 spiro atoms. The molecule has 0 aliphatic carbocycles. The van der Waals surface area contributed by atoms with Crippen molar-refractivity contribution in [3.05, 3.63) is 0 Å². The molecule has 0 aromatic heterocycles. The highest BCUT2D eigenvalue weighted by molar-refractivity contribution is 6.62. The van der Waals surface area contributed by atoms with Gasteiger partial charge < -0.3 is 0 Å². The maximum atomic E-state index is 2.54. The highest BCUT2D eigenvalue weighted by Crippen LogP contribution is 2.39. The zero-order valence-corrected chi connectivity index (χ0v) is 12.9. The molecule has 0 N–H and O–H groups in total. The maximum absolute atomic E-state index is 2.54. The summed E-state index contributed by atoms with van der Waals surface area (Å²) in [5.41, 5.74) is 0. The second-order valence-electron chi connectivity index (χ2n) is 5.72. The van der Waals surface area contributed by atoms with E-state index in [1.807, 2.05) is 0 Å². The first-order valence-electron chi connectivity index (χ1n) is 7.08. The molecule has 0 heterocycles. The van der Waals surface area contributed by atoms with Crippen molar-refractivity contribution in [2.75, 3.05) is 0 Å². The van der Waals surface area contributed by atoms with Crippen LogP contribution < -0.4 is 0 Å². The Bertz CT molecular complexity index is 132. The summed E-state index contributed by atoms with van der Waals surface area (Å²) in [4.78, 5) is 0. The standard InChI is InChI=1S/C6H13.2C4H9.Al/c1-4-5-6(2)3;2*1-3-4-2;/h4-5H2,1-3H3;2*1,3-4H2,2H3;. The Labute approximate surface area is 102 Å². The largest absolute Gasteiger partial charge is 0.268 e. The lowest BCUT2D eigenvalue weighted by Gasteiger charge is -2.31. The summed E-state index contributed by atoms with van der Waals surface area (Å²) < 4.78 is 0.707. The van der Waals surface area contributed by atoms with E-state index in [2.05, 4.69) is 34.6 Å². The van der Waals surface area contributed by atoms with Gasteiger partial charge >= 0.3 is 0 Å². The second-order valence-corrected chi connectivity index (χ2v) is 9.83. The monoisotopic (exact) mass is 226 g/mol. The summed E-state index contributed by atoms with van der Waals surface area (Å²) >= 11 is -0.496. The summed E-state index contributed by atoms with van der Waals surface area (Å²) in [7, 11) is 0. The third-order valence-corrected chi connectivity index (χ3v) is 8.52. The molecular formula is C14H31Al. The third kappa shape index (κ3) is 6.65. The first kappa shape index (κ1) is 15.5. The summed E-state index contributed by atoms with van der Waals surface area (Å²) in [5.74, 6) is 0. The van der Waals surface area contributed by atoms with E-state index in [0.717, 1.165) is 0 Å². The minimum atomic E-state index is -0.496. The molecule has 0 saturated carbocycles.